The molecule has 0 atom stereocenters. The zero-order chi connectivity index (χ0) is 9.90. The first kappa shape index (κ1) is 10.1. The van der Waals surface area contributed by atoms with E-state index in [1.54, 1.807) is 6.92 Å². The molecule has 0 fully saturated rings. The molecule has 13 heavy (non-hydrogen) atoms. The topological polar surface area (TPSA) is 29.5 Å². The molecule has 0 saturated heterocycles. The molecule has 2 aliphatic rings. The fraction of sp³-hybridized carbons (Fsp3) is 0.455. The van der Waals surface area contributed by atoms with E-state index in [0.29, 0.717) is 0 Å². The predicted octanol–water partition coefficient (Wildman–Crippen LogP) is 2.31. The van der Waals surface area contributed by atoms with Gasteiger partial charge in [0, 0.05) is 6.61 Å². The monoisotopic (exact) mass is 180 g/mol. The van der Waals surface area contributed by atoms with Crippen LogP contribution in [-0.2, 0) is 5.60 Å². The van der Waals surface area contributed by atoms with E-state index in [4.69, 9.17) is 9.84 Å². The SMILES string of the molecule is CC1(C)Oc2ccc1cc2.CCO. The predicted molar refractivity (Wildman–Crippen MR) is 52.9 cm³/mol. The molecule has 2 bridgehead atoms. The van der Waals surface area contributed by atoms with Gasteiger partial charge in [0.15, 0.2) is 0 Å². The number of aliphatic hydroxyl groups is 1. The van der Waals surface area contributed by atoms with Crippen molar-refractivity contribution < 1.29 is 9.84 Å². The minimum atomic E-state index is -0.0984. The van der Waals surface area contributed by atoms with Crippen LogP contribution in [-0.4, -0.2) is 11.7 Å². The molecule has 2 heterocycles. The van der Waals surface area contributed by atoms with Crippen LogP contribution < -0.4 is 4.74 Å². The molecule has 1 N–H and O–H groups in total. The maximum Gasteiger partial charge on any atom is 0.128 e. The van der Waals surface area contributed by atoms with Gasteiger partial charge in [-0.1, -0.05) is 12.1 Å². The second kappa shape index (κ2) is 3.79. The Balaban J connectivity index is 0.000000251. The third-order valence-electron chi connectivity index (χ3n) is 1.92. The van der Waals surface area contributed by atoms with E-state index < -0.39 is 0 Å². The summed E-state index contributed by atoms with van der Waals surface area (Å²) in [5.74, 6) is 0.972. The molecule has 3 rings (SSSR count). The van der Waals surface area contributed by atoms with E-state index in [-0.39, 0.29) is 12.2 Å². The average Bonchev–Trinajstić information content (AvgIpc) is 2.05. The van der Waals surface area contributed by atoms with Gasteiger partial charge < -0.3 is 9.84 Å². The summed E-state index contributed by atoms with van der Waals surface area (Å²) < 4.78 is 5.58. The van der Waals surface area contributed by atoms with Crippen molar-refractivity contribution in [3.05, 3.63) is 29.8 Å². The van der Waals surface area contributed by atoms with Gasteiger partial charge in [0.25, 0.3) is 0 Å². The summed E-state index contributed by atoms with van der Waals surface area (Å²) in [7, 11) is 0. The summed E-state index contributed by atoms with van der Waals surface area (Å²) in [6.07, 6.45) is 0. The Labute approximate surface area is 79.2 Å². The summed E-state index contributed by atoms with van der Waals surface area (Å²) in [4.78, 5) is 0. The van der Waals surface area contributed by atoms with E-state index in [1.165, 1.54) is 5.56 Å². The summed E-state index contributed by atoms with van der Waals surface area (Å²) in [5.41, 5.74) is 1.15. The Bertz CT molecular complexity index is 262. The number of aliphatic hydroxyl groups excluding tert-OH is 1. The molecule has 0 spiro atoms. The normalized spacial score (nSPS) is 15.7. The first-order chi connectivity index (χ1) is 6.10. The van der Waals surface area contributed by atoms with Gasteiger partial charge in [-0.2, -0.15) is 0 Å². The molecule has 1 aromatic carbocycles. The number of hydrogen-bond acceptors (Lipinski definition) is 2. The Morgan fingerprint density at radius 3 is 1.85 bits per heavy atom. The Morgan fingerprint density at radius 2 is 1.69 bits per heavy atom. The average molecular weight is 180 g/mol. The van der Waals surface area contributed by atoms with Crippen LogP contribution >= 0.6 is 0 Å². The summed E-state index contributed by atoms with van der Waals surface area (Å²) in [6, 6.07) is 8.22. The van der Waals surface area contributed by atoms with Crippen molar-refractivity contribution >= 4 is 0 Å². The molecular formula is C11H16O2. The maximum absolute atomic E-state index is 7.57. The standard InChI is InChI=1S/C9H10O.C2H6O/c1-9(2)7-3-5-8(10-9)6-4-7;1-2-3/h3-6H,1-2H3;3H,2H2,1H3. The number of fused-ring (bicyclic) bond motifs is 3. The first-order valence-corrected chi connectivity index (χ1v) is 4.50. The van der Waals surface area contributed by atoms with Crippen molar-refractivity contribution in [3.8, 4) is 5.75 Å². The van der Waals surface area contributed by atoms with Crippen molar-refractivity contribution in [2.45, 2.75) is 26.4 Å². The molecule has 0 amide bonds. The highest BCUT2D eigenvalue weighted by molar-refractivity contribution is 5.35. The first-order valence-electron chi connectivity index (χ1n) is 4.50. The molecule has 0 saturated carbocycles. The fourth-order valence-corrected chi connectivity index (χ4v) is 1.28. The Kier molecular flexibility index (Phi) is 2.94. The lowest BCUT2D eigenvalue weighted by Gasteiger charge is -2.31. The highest BCUT2D eigenvalue weighted by atomic mass is 16.5. The molecule has 0 unspecified atom stereocenters. The van der Waals surface area contributed by atoms with Gasteiger partial charge in [-0.25, -0.2) is 0 Å². The molecule has 2 aliphatic heterocycles. The van der Waals surface area contributed by atoms with E-state index in [2.05, 4.69) is 26.0 Å². The van der Waals surface area contributed by atoms with Crippen molar-refractivity contribution in [2.75, 3.05) is 6.61 Å². The van der Waals surface area contributed by atoms with Crippen LogP contribution in [0.3, 0.4) is 0 Å². The van der Waals surface area contributed by atoms with Gasteiger partial charge in [-0.3, -0.25) is 0 Å². The van der Waals surface area contributed by atoms with Crippen LogP contribution in [0.4, 0.5) is 0 Å². The van der Waals surface area contributed by atoms with Crippen molar-refractivity contribution in [3.63, 3.8) is 0 Å². The Morgan fingerprint density at radius 1 is 1.23 bits per heavy atom. The number of hydrogen-bond donors (Lipinski definition) is 1. The molecule has 2 nitrogen and oxygen atoms in total. The number of ether oxygens (including phenoxy) is 1. The highest BCUT2D eigenvalue weighted by Crippen LogP contribution is 2.33. The summed E-state index contributed by atoms with van der Waals surface area (Å²) >= 11 is 0. The zero-order valence-corrected chi connectivity index (χ0v) is 8.37. The van der Waals surface area contributed by atoms with Crippen LogP contribution in [0.5, 0.6) is 5.75 Å². The maximum atomic E-state index is 7.57. The lowest BCUT2D eigenvalue weighted by atomic mass is 9.95. The molecule has 0 radical (unpaired) electrons. The summed E-state index contributed by atoms with van der Waals surface area (Å²) in [6.45, 7) is 6.09. The largest absolute Gasteiger partial charge is 0.483 e. The molecule has 72 valence electrons. The van der Waals surface area contributed by atoms with E-state index in [9.17, 15) is 0 Å². The van der Waals surface area contributed by atoms with Crippen LogP contribution in [0.15, 0.2) is 24.3 Å². The fourth-order valence-electron chi connectivity index (χ4n) is 1.28. The van der Waals surface area contributed by atoms with Gasteiger partial charge >= 0.3 is 0 Å². The zero-order valence-electron chi connectivity index (χ0n) is 8.37. The second-order valence-corrected chi connectivity index (χ2v) is 3.45. The smallest absolute Gasteiger partial charge is 0.128 e. The van der Waals surface area contributed by atoms with Crippen LogP contribution in [0.25, 0.3) is 0 Å². The van der Waals surface area contributed by atoms with Crippen LogP contribution in [0.1, 0.15) is 26.3 Å². The van der Waals surface area contributed by atoms with Crippen molar-refractivity contribution in [1.82, 2.24) is 0 Å². The van der Waals surface area contributed by atoms with Crippen LogP contribution in [0, 0.1) is 0 Å². The van der Waals surface area contributed by atoms with E-state index >= 15 is 0 Å². The van der Waals surface area contributed by atoms with E-state index in [1.807, 2.05) is 12.1 Å². The molecule has 0 aromatic heterocycles. The minimum Gasteiger partial charge on any atom is -0.483 e. The molecular weight excluding hydrogens is 164 g/mol. The number of rotatable bonds is 0. The van der Waals surface area contributed by atoms with Gasteiger partial charge in [0.2, 0.25) is 0 Å². The van der Waals surface area contributed by atoms with Gasteiger partial charge in [0.05, 0.1) is 0 Å². The third-order valence-corrected chi connectivity index (χ3v) is 1.92. The summed E-state index contributed by atoms with van der Waals surface area (Å²) in [5, 5.41) is 7.57. The quantitative estimate of drug-likeness (QED) is 0.664. The van der Waals surface area contributed by atoms with E-state index in [0.717, 1.165) is 5.75 Å². The van der Waals surface area contributed by atoms with Gasteiger partial charge in [-0.05, 0) is 38.5 Å². The second-order valence-electron chi connectivity index (χ2n) is 3.45. The highest BCUT2D eigenvalue weighted by Gasteiger charge is 2.26. The molecule has 0 aliphatic carbocycles. The molecule has 2 heteroatoms. The van der Waals surface area contributed by atoms with Gasteiger partial charge in [-0.15, -0.1) is 0 Å². The Hall–Kier alpha value is -1.02. The molecule has 1 aromatic rings. The third kappa shape index (κ3) is 2.22. The van der Waals surface area contributed by atoms with Crippen LogP contribution in [0.2, 0.25) is 0 Å². The number of benzene rings is 1. The minimum absolute atomic E-state index is 0.0984. The lowest BCUT2D eigenvalue weighted by Crippen LogP contribution is -2.28. The van der Waals surface area contributed by atoms with Gasteiger partial charge in [0.1, 0.15) is 11.4 Å². The lowest BCUT2D eigenvalue weighted by molar-refractivity contribution is 0.100. The van der Waals surface area contributed by atoms with Crippen molar-refractivity contribution in [2.24, 2.45) is 0 Å². The van der Waals surface area contributed by atoms with Crippen molar-refractivity contribution in [1.29, 1.82) is 0 Å².